The van der Waals surface area contributed by atoms with Gasteiger partial charge in [-0.2, -0.15) is 0 Å². The van der Waals surface area contributed by atoms with Crippen molar-refractivity contribution in [2.75, 3.05) is 20.3 Å². The zero-order valence-corrected chi connectivity index (χ0v) is 12.1. The summed E-state index contributed by atoms with van der Waals surface area (Å²) in [5.74, 6) is -0.215. The molecule has 0 saturated carbocycles. The minimum atomic E-state index is -0.215. The summed E-state index contributed by atoms with van der Waals surface area (Å²) in [4.78, 5) is 10.0. The van der Waals surface area contributed by atoms with Gasteiger partial charge in [-0.05, 0) is 0 Å². The Morgan fingerprint density at radius 1 is 1.47 bits per heavy atom. The van der Waals surface area contributed by atoms with Gasteiger partial charge in [0.25, 0.3) is 0 Å². The minimum Gasteiger partial charge on any atom is -0.872 e. The van der Waals surface area contributed by atoms with Gasteiger partial charge >= 0.3 is 51.4 Å². The maximum atomic E-state index is 10.6. The van der Waals surface area contributed by atoms with E-state index in [1.165, 1.54) is 12.1 Å². The molecule has 0 aliphatic carbocycles. The maximum Gasteiger partial charge on any atom is 1.00 e. The molecule has 0 saturated heterocycles. The Bertz CT molecular complexity index is 263. The van der Waals surface area contributed by atoms with Gasteiger partial charge in [-0.3, -0.25) is 4.79 Å². The standard InChI is InChI=1S/C7H6O2.C3H8O2.K/c8-5-6-3-1-2-4-7(6)9;1-5-3-2-4;/h1-5,9H;4H,2-3H2,1H3;/q;;+1/p-1. The van der Waals surface area contributed by atoms with Crippen molar-refractivity contribution >= 4 is 6.29 Å². The van der Waals surface area contributed by atoms with Gasteiger partial charge in [-0.25, -0.2) is 0 Å². The van der Waals surface area contributed by atoms with E-state index in [-0.39, 0.29) is 69.3 Å². The molecule has 0 heterocycles. The van der Waals surface area contributed by atoms with Crippen LogP contribution in [-0.4, -0.2) is 31.7 Å². The first-order valence-corrected chi connectivity index (χ1v) is 4.07. The fourth-order valence-corrected chi connectivity index (χ4v) is 0.669. The molecular weight excluding hydrogens is 223 g/mol. The summed E-state index contributed by atoms with van der Waals surface area (Å²) < 4.78 is 4.44. The smallest absolute Gasteiger partial charge is 0.872 e. The van der Waals surface area contributed by atoms with Crippen molar-refractivity contribution in [2.45, 2.75) is 0 Å². The van der Waals surface area contributed by atoms with E-state index in [0.29, 0.717) is 12.9 Å². The molecule has 1 N–H and O–H groups in total. The number of ether oxygens (including phenoxy) is 1. The first-order chi connectivity index (χ1) is 6.76. The first kappa shape index (κ1) is 17.6. The Balaban J connectivity index is 0. The largest absolute Gasteiger partial charge is 1.00 e. The number of aldehydes is 1. The van der Waals surface area contributed by atoms with Crippen LogP contribution in [0.1, 0.15) is 10.4 Å². The quantitative estimate of drug-likeness (QED) is 0.455. The molecule has 0 fully saturated rings. The fourth-order valence-electron chi connectivity index (χ4n) is 0.669. The molecule has 4 nitrogen and oxygen atoms in total. The average Bonchev–Trinajstić information content (AvgIpc) is 2.21. The monoisotopic (exact) mass is 236 g/mol. The average molecular weight is 236 g/mol. The molecule has 0 aliphatic heterocycles. The van der Waals surface area contributed by atoms with Crippen molar-refractivity contribution in [3.8, 4) is 5.75 Å². The van der Waals surface area contributed by atoms with Crippen molar-refractivity contribution in [2.24, 2.45) is 0 Å². The molecule has 0 bridgehead atoms. The molecule has 5 heteroatoms. The molecule has 15 heavy (non-hydrogen) atoms. The van der Waals surface area contributed by atoms with Crippen molar-refractivity contribution < 1.29 is 71.1 Å². The van der Waals surface area contributed by atoms with Crippen molar-refractivity contribution in [3.63, 3.8) is 0 Å². The summed E-state index contributed by atoms with van der Waals surface area (Å²) in [6, 6.07) is 6.12. The molecule has 0 atom stereocenters. The molecule has 0 spiro atoms. The van der Waals surface area contributed by atoms with Crippen LogP contribution < -0.4 is 56.5 Å². The zero-order valence-electron chi connectivity index (χ0n) is 8.97. The molecule has 0 radical (unpaired) electrons. The van der Waals surface area contributed by atoms with E-state index in [4.69, 9.17) is 5.11 Å². The number of benzene rings is 1. The Hall–Kier alpha value is 0.246. The summed E-state index contributed by atoms with van der Waals surface area (Å²) >= 11 is 0. The van der Waals surface area contributed by atoms with Crippen LogP contribution in [0.2, 0.25) is 0 Å². The summed E-state index contributed by atoms with van der Waals surface area (Å²) in [5.41, 5.74) is 0.220. The van der Waals surface area contributed by atoms with E-state index in [9.17, 15) is 9.90 Å². The van der Waals surface area contributed by atoms with Gasteiger partial charge in [-0.15, -0.1) is 0 Å². The number of hydrogen-bond donors (Lipinski definition) is 1. The van der Waals surface area contributed by atoms with Gasteiger partial charge in [0.05, 0.1) is 13.2 Å². The van der Waals surface area contributed by atoms with Crippen LogP contribution >= 0.6 is 0 Å². The fraction of sp³-hybridized carbons (Fsp3) is 0.300. The number of para-hydroxylation sites is 1. The van der Waals surface area contributed by atoms with Crippen molar-refractivity contribution in [1.82, 2.24) is 0 Å². The van der Waals surface area contributed by atoms with E-state index in [1.54, 1.807) is 19.2 Å². The SMILES string of the molecule is COCCO.O=Cc1ccccc1[O-].[K+]. The van der Waals surface area contributed by atoms with Gasteiger partial charge in [0.1, 0.15) is 6.29 Å². The number of rotatable bonds is 3. The second-order valence-corrected chi connectivity index (χ2v) is 2.37. The third kappa shape index (κ3) is 9.19. The molecule has 1 aromatic carbocycles. The summed E-state index contributed by atoms with van der Waals surface area (Å²) in [5, 5.41) is 18.6. The number of aliphatic hydroxyl groups excluding tert-OH is 1. The maximum absolute atomic E-state index is 10.6. The normalized spacial score (nSPS) is 8.13. The topological polar surface area (TPSA) is 69.6 Å². The Morgan fingerprint density at radius 3 is 2.33 bits per heavy atom. The predicted molar refractivity (Wildman–Crippen MR) is 50.2 cm³/mol. The third-order valence-corrected chi connectivity index (χ3v) is 1.34. The third-order valence-electron chi connectivity index (χ3n) is 1.34. The Labute approximate surface area is 132 Å². The number of carbonyl (C=O) groups is 1. The predicted octanol–water partition coefficient (Wildman–Crippen LogP) is -2.80. The Morgan fingerprint density at radius 2 is 2.07 bits per heavy atom. The van der Waals surface area contributed by atoms with Crippen LogP contribution in [0.3, 0.4) is 0 Å². The molecule has 0 amide bonds. The number of carbonyl (C=O) groups excluding carboxylic acids is 1. The summed E-state index contributed by atoms with van der Waals surface area (Å²) in [7, 11) is 1.55. The van der Waals surface area contributed by atoms with Crippen LogP contribution in [0.5, 0.6) is 5.75 Å². The molecule has 0 aliphatic rings. The van der Waals surface area contributed by atoms with Crippen LogP contribution in [0.25, 0.3) is 0 Å². The van der Waals surface area contributed by atoms with Gasteiger partial charge in [0, 0.05) is 12.7 Å². The van der Waals surface area contributed by atoms with E-state index in [2.05, 4.69) is 4.74 Å². The van der Waals surface area contributed by atoms with E-state index < -0.39 is 0 Å². The minimum absolute atomic E-state index is 0. The van der Waals surface area contributed by atoms with E-state index in [1.807, 2.05) is 0 Å². The molecule has 1 rings (SSSR count). The zero-order chi connectivity index (χ0) is 10.8. The van der Waals surface area contributed by atoms with Crippen LogP contribution in [0.4, 0.5) is 0 Å². The molecule has 0 unspecified atom stereocenters. The molecule has 1 aromatic rings. The number of methoxy groups -OCH3 is 1. The van der Waals surface area contributed by atoms with Crippen LogP contribution in [0.15, 0.2) is 24.3 Å². The van der Waals surface area contributed by atoms with E-state index in [0.717, 1.165) is 0 Å². The van der Waals surface area contributed by atoms with Crippen LogP contribution in [-0.2, 0) is 4.74 Å². The second-order valence-electron chi connectivity index (χ2n) is 2.37. The second kappa shape index (κ2) is 12.3. The Kier molecular flexibility index (Phi) is 14.5. The van der Waals surface area contributed by atoms with Gasteiger partial charge in [-0.1, -0.05) is 30.0 Å². The number of aliphatic hydroxyl groups is 1. The molecular formula is C10H13KO4. The first-order valence-electron chi connectivity index (χ1n) is 4.07. The number of hydrogen-bond acceptors (Lipinski definition) is 4. The van der Waals surface area contributed by atoms with Gasteiger partial charge in [0.2, 0.25) is 0 Å². The molecule has 0 aromatic heterocycles. The molecule has 78 valence electrons. The van der Waals surface area contributed by atoms with E-state index >= 15 is 0 Å². The summed E-state index contributed by atoms with van der Waals surface area (Å²) in [6.45, 7) is 0.566. The van der Waals surface area contributed by atoms with Gasteiger partial charge in [0.15, 0.2) is 0 Å². The van der Waals surface area contributed by atoms with Crippen molar-refractivity contribution in [1.29, 1.82) is 0 Å². The van der Waals surface area contributed by atoms with Crippen molar-refractivity contribution in [3.05, 3.63) is 29.8 Å². The summed E-state index contributed by atoms with van der Waals surface area (Å²) in [6.07, 6.45) is 0.558. The van der Waals surface area contributed by atoms with Crippen LogP contribution in [0, 0.1) is 0 Å². The van der Waals surface area contributed by atoms with Gasteiger partial charge < -0.3 is 14.9 Å².